The first kappa shape index (κ1) is 11.7. The van der Waals surface area contributed by atoms with E-state index in [9.17, 15) is 9.90 Å². The zero-order valence-corrected chi connectivity index (χ0v) is 9.56. The number of carbonyl (C=O) groups is 1. The molecule has 0 fully saturated rings. The van der Waals surface area contributed by atoms with Crippen LogP contribution in [0.5, 0.6) is 5.75 Å². The summed E-state index contributed by atoms with van der Waals surface area (Å²) in [6.07, 6.45) is 1.32. The summed E-state index contributed by atoms with van der Waals surface area (Å²) in [6.45, 7) is 1.74. The Balaban J connectivity index is 2.23. The van der Waals surface area contributed by atoms with Gasteiger partial charge in [0.05, 0.1) is 6.20 Å². The summed E-state index contributed by atoms with van der Waals surface area (Å²) in [5.74, 6) is -0.138. The highest BCUT2D eigenvalue weighted by molar-refractivity contribution is 6.04. The highest BCUT2D eigenvalue weighted by Crippen LogP contribution is 2.18. The molecule has 90 valence electrons. The molecular weight excluding hydrogens is 232 g/mol. The van der Waals surface area contributed by atoms with Crippen LogP contribution in [-0.4, -0.2) is 21.2 Å². The first-order chi connectivity index (χ1) is 8.61. The minimum Gasteiger partial charge on any atom is -0.508 e. The number of hydrogen-bond donors (Lipinski definition) is 3. The van der Waals surface area contributed by atoms with Gasteiger partial charge in [0.2, 0.25) is 0 Å². The standard InChI is InChI=1S/C12H10N4O2/c1-7-2-3-8(4-10(7)17)12(18)15-11-9(5-13)6-14-16-11/h2-4,6,17H,1H3,(H2,14,15,16,18). The Morgan fingerprint density at radius 3 is 3.00 bits per heavy atom. The molecule has 2 aromatic rings. The number of benzene rings is 1. The number of anilines is 1. The number of H-pyrrole nitrogens is 1. The van der Waals surface area contributed by atoms with Gasteiger partial charge < -0.3 is 10.4 Å². The molecule has 1 amide bonds. The lowest BCUT2D eigenvalue weighted by molar-refractivity contribution is 0.102. The van der Waals surface area contributed by atoms with E-state index in [-0.39, 0.29) is 17.1 Å². The molecule has 0 atom stereocenters. The van der Waals surface area contributed by atoms with Gasteiger partial charge in [0.1, 0.15) is 23.2 Å². The maximum absolute atomic E-state index is 11.9. The Morgan fingerprint density at radius 1 is 1.56 bits per heavy atom. The number of amides is 1. The van der Waals surface area contributed by atoms with Crippen molar-refractivity contribution in [1.29, 1.82) is 5.26 Å². The Bertz CT molecular complexity index is 640. The Hall–Kier alpha value is -2.81. The van der Waals surface area contributed by atoms with Crippen LogP contribution in [0.1, 0.15) is 21.5 Å². The van der Waals surface area contributed by atoms with Crippen molar-refractivity contribution in [3.8, 4) is 11.8 Å². The minimum absolute atomic E-state index is 0.0489. The molecule has 1 aromatic heterocycles. The Labute approximate surface area is 103 Å². The summed E-state index contributed by atoms with van der Waals surface area (Å²) >= 11 is 0. The summed E-state index contributed by atoms with van der Waals surface area (Å²) in [7, 11) is 0. The van der Waals surface area contributed by atoms with Crippen LogP contribution in [0.15, 0.2) is 24.4 Å². The van der Waals surface area contributed by atoms with Crippen molar-refractivity contribution in [2.75, 3.05) is 5.32 Å². The van der Waals surface area contributed by atoms with Crippen molar-refractivity contribution in [3.63, 3.8) is 0 Å². The molecule has 0 aliphatic carbocycles. The zero-order chi connectivity index (χ0) is 13.1. The van der Waals surface area contributed by atoms with Gasteiger partial charge in [-0.1, -0.05) is 6.07 Å². The second-order valence-electron chi connectivity index (χ2n) is 3.73. The van der Waals surface area contributed by atoms with Gasteiger partial charge in [-0.05, 0) is 24.6 Å². The highest BCUT2D eigenvalue weighted by Gasteiger charge is 2.11. The van der Waals surface area contributed by atoms with E-state index in [1.165, 1.54) is 12.3 Å². The monoisotopic (exact) mass is 242 g/mol. The number of hydrogen-bond acceptors (Lipinski definition) is 4. The fraction of sp³-hybridized carbons (Fsp3) is 0.0833. The van der Waals surface area contributed by atoms with Gasteiger partial charge in [0.15, 0.2) is 0 Å². The van der Waals surface area contributed by atoms with E-state index in [0.717, 1.165) is 0 Å². The van der Waals surface area contributed by atoms with E-state index in [1.807, 2.05) is 6.07 Å². The smallest absolute Gasteiger partial charge is 0.256 e. The van der Waals surface area contributed by atoms with Crippen LogP contribution >= 0.6 is 0 Å². The summed E-state index contributed by atoms with van der Waals surface area (Å²) in [6, 6.07) is 6.49. The molecule has 1 heterocycles. The maximum atomic E-state index is 11.9. The third kappa shape index (κ3) is 2.15. The van der Waals surface area contributed by atoms with E-state index in [1.54, 1.807) is 19.1 Å². The zero-order valence-electron chi connectivity index (χ0n) is 9.56. The van der Waals surface area contributed by atoms with Crippen LogP contribution in [0.25, 0.3) is 0 Å². The molecule has 0 unspecified atom stereocenters. The number of phenols is 1. The van der Waals surface area contributed by atoms with E-state index in [2.05, 4.69) is 15.5 Å². The third-order valence-corrected chi connectivity index (χ3v) is 2.47. The average molecular weight is 242 g/mol. The van der Waals surface area contributed by atoms with Crippen molar-refractivity contribution in [2.24, 2.45) is 0 Å². The second-order valence-corrected chi connectivity index (χ2v) is 3.73. The van der Waals surface area contributed by atoms with E-state index < -0.39 is 5.91 Å². The lowest BCUT2D eigenvalue weighted by atomic mass is 10.1. The number of nitriles is 1. The van der Waals surface area contributed by atoms with Crippen LogP contribution < -0.4 is 5.32 Å². The first-order valence-corrected chi connectivity index (χ1v) is 5.16. The molecule has 6 nitrogen and oxygen atoms in total. The maximum Gasteiger partial charge on any atom is 0.256 e. The Morgan fingerprint density at radius 2 is 2.33 bits per heavy atom. The number of nitrogens with one attached hydrogen (secondary N) is 2. The normalized spacial score (nSPS) is 9.78. The summed E-state index contributed by atoms with van der Waals surface area (Å²) < 4.78 is 0. The van der Waals surface area contributed by atoms with Gasteiger partial charge in [0.25, 0.3) is 5.91 Å². The molecule has 3 N–H and O–H groups in total. The van der Waals surface area contributed by atoms with Crippen molar-refractivity contribution in [1.82, 2.24) is 10.2 Å². The summed E-state index contributed by atoms with van der Waals surface area (Å²) in [5.41, 5.74) is 1.24. The molecule has 0 saturated carbocycles. The molecular formula is C12H10N4O2. The molecule has 0 radical (unpaired) electrons. The van der Waals surface area contributed by atoms with Gasteiger partial charge in [0, 0.05) is 5.56 Å². The third-order valence-electron chi connectivity index (χ3n) is 2.47. The molecule has 0 bridgehead atoms. The molecule has 0 spiro atoms. The van der Waals surface area contributed by atoms with Gasteiger partial charge in [-0.15, -0.1) is 0 Å². The fourth-order valence-corrected chi connectivity index (χ4v) is 1.40. The predicted molar refractivity (Wildman–Crippen MR) is 64.1 cm³/mol. The van der Waals surface area contributed by atoms with E-state index >= 15 is 0 Å². The van der Waals surface area contributed by atoms with E-state index in [0.29, 0.717) is 11.1 Å². The highest BCUT2D eigenvalue weighted by atomic mass is 16.3. The summed E-state index contributed by atoms with van der Waals surface area (Å²) in [5, 5.41) is 27.0. The summed E-state index contributed by atoms with van der Waals surface area (Å²) in [4.78, 5) is 11.9. The van der Waals surface area contributed by atoms with Gasteiger partial charge in [-0.25, -0.2) is 0 Å². The lowest BCUT2D eigenvalue weighted by Crippen LogP contribution is -2.13. The van der Waals surface area contributed by atoms with Gasteiger partial charge >= 0.3 is 0 Å². The topological polar surface area (TPSA) is 102 Å². The number of aromatic hydroxyl groups is 1. The number of nitrogens with zero attached hydrogens (tertiary/aromatic N) is 2. The molecule has 2 rings (SSSR count). The molecule has 18 heavy (non-hydrogen) atoms. The number of aryl methyl sites for hydroxylation is 1. The van der Waals surface area contributed by atoms with Crippen LogP contribution in [0, 0.1) is 18.3 Å². The molecule has 1 aromatic carbocycles. The second kappa shape index (κ2) is 4.59. The quantitative estimate of drug-likeness (QED) is 0.743. The first-order valence-electron chi connectivity index (χ1n) is 5.16. The van der Waals surface area contributed by atoms with Crippen molar-refractivity contribution in [2.45, 2.75) is 6.92 Å². The lowest BCUT2D eigenvalue weighted by Gasteiger charge is -2.05. The SMILES string of the molecule is Cc1ccc(C(=O)Nc2[nH]ncc2C#N)cc1O. The number of aromatic amines is 1. The molecule has 0 aliphatic heterocycles. The van der Waals surface area contributed by atoms with Crippen LogP contribution in [0.4, 0.5) is 5.82 Å². The Kier molecular flexibility index (Phi) is 2.98. The average Bonchev–Trinajstić information content (AvgIpc) is 2.79. The van der Waals surface area contributed by atoms with E-state index in [4.69, 9.17) is 5.26 Å². The number of phenolic OH excluding ortho intramolecular Hbond substituents is 1. The largest absolute Gasteiger partial charge is 0.508 e. The molecule has 6 heteroatoms. The molecule has 0 saturated heterocycles. The van der Waals surface area contributed by atoms with Crippen LogP contribution in [-0.2, 0) is 0 Å². The fourth-order valence-electron chi connectivity index (χ4n) is 1.40. The van der Waals surface area contributed by atoms with Crippen molar-refractivity contribution in [3.05, 3.63) is 41.1 Å². The van der Waals surface area contributed by atoms with Crippen molar-refractivity contribution < 1.29 is 9.90 Å². The van der Waals surface area contributed by atoms with Gasteiger partial charge in [-0.3, -0.25) is 9.89 Å². The van der Waals surface area contributed by atoms with Crippen LogP contribution in [0.2, 0.25) is 0 Å². The predicted octanol–water partition coefficient (Wildman–Crippen LogP) is 1.55. The van der Waals surface area contributed by atoms with Crippen molar-refractivity contribution >= 4 is 11.7 Å². The number of aromatic nitrogens is 2. The minimum atomic E-state index is -0.425. The molecule has 0 aliphatic rings. The van der Waals surface area contributed by atoms with Gasteiger partial charge in [-0.2, -0.15) is 10.4 Å². The number of carbonyl (C=O) groups excluding carboxylic acids is 1. The number of rotatable bonds is 2. The van der Waals surface area contributed by atoms with Crippen LogP contribution in [0.3, 0.4) is 0 Å².